The smallest absolute Gasteiger partial charge is 0.258 e. The summed E-state index contributed by atoms with van der Waals surface area (Å²) in [6, 6.07) is -0.467. The lowest BCUT2D eigenvalue weighted by atomic mass is 9.68. The van der Waals surface area contributed by atoms with E-state index in [1.165, 1.54) is 18.7 Å². The lowest BCUT2D eigenvalue weighted by molar-refractivity contribution is 0.0936. The largest absolute Gasteiger partial charge is 0.474 e. The van der Waals surface area contributed by atoms with Crippen molar-refractivity contribution < 1.29 is 19.4 Å². The number of sulfone groups is 1. The third kappa shape index (κ3) is 5.39. The Morgan fingerprint density at radius 1 is 1.33 bits per heavy atom. The molecule has 168 valence electrons. The molecular formula is C22H35N3O4S. The topological polar surface area (TPSA) is 98.2 Å². The van der Waals surface area contributed by atoms with Crippen molar-refractivity contribution in [3.63, 3.8) is 0 Å². The molecule has 2 saturated carbocycles. The molecule has 0 spiro atoms. The van der Waals surface area contributed by atoms with Crippen LogP contribution in [0.2, 0.25) is 0 Å². The van der Waals surface area contributed by atoms with Gasteiger partial charge < -0.3 is 10.1 Å². The van der Waals surface area contributed by atoms with E-state index in [0.29, 0.717) is 23.5 Å². The molecule has 2 aliphatic carbocycles. The molecule has 1 N–H and O–H groups in total. The predicted octanol–water partition coefficient (Wildman–Crippen LogP) is 3.51. The Morgan fingerprint density at radius 2 is 2.03 bits per heavy atom. The zero-order valence-corrected chi connectivity index (χ0v) is 19.5. The van der Waals surface area contributed by atoms with Gasteiger partial charge in [0.25, 0.3) is 5.91 Å². The Hall–Kier alpha value is -1.96. The van der Waals surface area contributed by atoms with Crippen molar-refractivity contribution in [1.29, 1.82) is 0 Å². The summed E-state index contributed by atoms with van der Waals surface area (Å²) < 4.78 is 28.9. The average Bonchev–Trinajstić information content (AvgIpc) is 2.94. The number of rotatable bonds is 6. The molecule has 1 aromatic rings. The van der Waals surface area contributed by atoms with Crippen molar-refractivity contribution in [2.24, 2.45) is 17.8 Å². The van der Waals surface area contributed by atoms with Gasteiger partial charge in [0.2, 0.25) is 5.88 Å². The number of ether oxygens (including phenoxy) is 1. The molecule has 0 aromatic carbocycles. The van der Waals surface area contributed by atoms with Crippen LogP contribution < -0.4 is 10.1 Å². The number of carbonyl (C=O) groups excluding carboxylic acids is 1. The third-order valence-corrected chi connectivity index (χ3v) is 6.68. The maximum absolute atomic E-state index is 12.9. The van der Waals surface area contributed by atoms with Gasteiger partial charge >= 0.3 is 0 Å². The van der Waals surface area contributed by atoms with Crippen molar-refractivity contribution in [3.8, 4) is 5.88 Å². The lowest BCUT2D eigenvalue weighted by Gasteiger charge is -2.37. The average molecular weight is 438 g/mol. The molecular weight excluding hydrogens is 402 g/mol. The molecule has 1 amide bonds. The van der Waals surface area contributed by atoms with Gasteiger partial charge in [-0.2, -0.15) is 4.98 Å². The summed E-state index contributed by atoms with van der Waals surface area (Å²) in [4.78, 5) is 21.9. The molecule has 1 heterocycles. The number of carbonyl (C=O) groups is 1. The fourth-order valence-electron chi connectivity index (χ4n) is 4.35. The first kappa shape index (κ1) is 22.7. The van der Waals surface area contributed by atoms with E-state index >= 15 is 0 Å². The quantitative estimate of drug-likeness (QED) is 0.731. The van der Waals surface area contributed by atoms with Crippen LogP contribution in [-0.4, -0.2) is 42.7 Å². The first-order chi connectivity index (χ1) is 13.8. The summed E-state index contributed by atoms with van der Waals surface area (Å²) in [5.74, 6) is 2.71. The number of fused-ring (bicyclic) bond motifs is 1. The number of nitrogens with zero attached hydrogens (tertiary/aromatic N) is 2. The molecule has 0 aliphatic heterocycles. The summed E-state index contributed by atoms with van der Waals surface area (Å²) in [5.41, 5.74) is -0.00289. The van der Waals surface area contributed by atoms with E-state index in [-0.39, 0.29) is 24.4 Å². The molecule has 2 fully saturated rings. The highest BCUT2D eigenvalue weighted by Crippen LogP contribution is 2.51. The van der Waals surface area contributed by atoms with Crippen molar-refractivity contribution in [1.82, 2.24) is 15.3 Å². The highest BCUT2D eigenvalue weighted by molar-refractivity contribution is 7.93. The second-order valence-electron chi connectivity index (χ2n) is 9.93. The van der Waals surface area contributed by atoms with E-state index in [1.54, 1.807) is 6.92 Å². The van der Waals surface area contributed by atoms with Gasteiger partial charge in [0.1, 0.15) is 17.5 Å². The Labute approximate surface area is 181 Å². The van der Waals surface area contributed by atoms with Gasteiger partial charge in [-0.15, -0.1) is 0 Å². The summed E-state index contributed by atoms with van der Waals surface area (Å²) in [6.45, 7) is 10.0. The van der Waals surface area contributed by atoms with Crippen LogP contribution in [0.25, 0.3) is 0 Å². The zero-order valence-electron chi connectivity index (χ0n) is 18.7. The molecule has 30 heavy (non-hydrogen) atoms. The van der Waals surface area contributed by atoms with Crippen molar-refractivity contribution in [2.45, 2.75) is 71.4 Å². The highest BCUT2D eigenvalue weighted by Gasteiger charge is 2.46. The third-order valence-electron chi connectivity index (χ3n) is 6.03. The van der Waals surface area contributed by atoms with Crippen LogP contribution in [0.3, 0.4) is 0 Å². The second kappa shape index (κ2) is 8.29. The first-order valence-corrected chi connectivity index (χ1v) is 12.5. The van der Waals surface area contributed by atoms with E-state index in [1.807, 2.05) is 20.8 Å². The summed E-state index contributed by atoms with van der Waals surface area (Å²) in [5, 5.41) is 3.87. The van der Waals surface area contributed by atoms with Gasteiger partial charge in [-0.3, -0.25) is 4.79 Å². The monoisotopic (exact) mass is 437 g/mol. The maximum atomic E-state index is 12.9. The zero-order chi connectivity index (χ0) is 22.3. The van der Waals surface area contributed by atoms with Crippen LogP contribution in [0.4, 0.5) is 0 Å². The molecule has 8 heteroatoms. The van der Waals surface area contributed by atoms with Crippen LogP contribution in [0, 0.1) is 17.8 Å². The molecule has 1 aromatic heterocycles. The minimum atomic E-state index is -3.26. The second-order valence-corrected chi connectivity index (χ2v) is 11.9. The minimum absolute atomic E-state index is 0. The number of nitrogens with one attached hydrogen (secondary N) is 1. The number of amides is 1. The lowest BCUT2D eigenvalue weighted by Crippen LogP contribution is -2.32. The fraction of sp³-hybridized carbons (Fsp3) is 0.682. The first-order valence-electron chi connectivity index (χ1n) is 10.6. The van der Waals surface area contributed by atoms with Crippen LogP contribution in [0.15, 0.2) is 17.7 Å². The van der Waals surface area contributed by atoms with Gasteiger partial charge in [-0.1, -0.05) is 33.8 Å². The molecule has 0 bridgehead atoms. The minimum Gasteiger partial charge on any atom is -0.474 e. The molecule has 3 rings (SSSR count). The van der Waals surface area contributed by atoms with Gasteiger partial charge in [-0.05, 0) is 43.9 Å². The van der Waals surface area contributed by atoms with Crippen molar-refractivity contribution in [2.75, 3.05) is 6.26 Å². The predicted molar refractivity (Wildman–Crippen MR) is 118 cm³/mol. The Kier molecular flexibility index (Phi) is 6.28. The van der Waals surface area contributed by atoms with Gasteiger partial charge in [0.15, 0.2) is 9.84 Å². The molecule has 0 radical (unpaired) electrons. The number of aromatic nitrogens is 2. The Morgan fingerprint density at radius 3 is 2.60 bits per heavy atom. The number of hydrogen-bond acceptors (Lipinski definition) is 6. The summed E-state index contributed by atoms with van der Waals surface area (Å²) in [7, 11) is -3.26. The molecule has 7 nitrogen and oxygen atoms in total. The molecule has 5 atom stereocenters. The van der Waals surface area contributed by atoms with Crippen LogP contribution >= 0.6 is 0 Å². The molecule has 0 saturated heterocycles. The highest BCUT2D eigenvalue weighted by atomic mass is 32.2. The van der Waals surface area contributed by atoms with Crippen molar-refractivity contribution in [3.05, 3.63) is 29.1 Å². The van der Waals surface area contributed by atoms with Gasteiger partial charge in [0.05, 0.1) is 0 Å². The van der Waals surface area contributed by atoms with E-state index < -0.39 is 15.9 Å². The standard InChI is InChI=1S/C22H33N3O4S.H2/c1-13-9-15-10-16(11-17(13)15)29-20-18(12-23-21(25-20)22(3,4)5)19(26)24-14(2)7-8-30(6,27)28;/h7-8,12-17H,9-11H2,1-6H3,(H,24,26);1H/b8-7+;/t13?,14-,15?,16-,17?;/m0./s1. The fourth-order valence-corrected chi connectivity index (χ4v) is 4.87. The summed E-state index contributed by atoms with van der Waals surface area (Å²) >= 11 is 0. The van der Waals surface area contributed by atoms with Crippen LogP contribution in [0.5, 0.6) is 5.88 Å². The Bertz CT molecular complexity index is 943. The maximum Gasteiger partial charge on any atom is 0.258 e. The van der Waals surface area contributed by atoms with Gasteiger partial charge in [0, 0.05) is 30.7 Å². The molecule has 2 aliphatic rings. The van der Waals surface area contributed by atoms with E-state index in [2.05, 4.69) is 22.2 Å². The van der Waals surface area contributed by atoms with Crippen LogP contribution in [-0.2, 0) is 15.3 Å². The van der Waals surface area contributed by atoms with Gasteiger partial charge in [-0.25, -0.2) is 13.4 Å². The van der Waals surface area contributed by atoms with Crippen LogP contribution in [0.1, 0.15) is 71.5 Å². The van der Waals surface area contributed by atoms with E-state index in [9.17, 15) is 13.2 Å². The number of hydrogen-bond donors (Lipinski definition) is 1. The SMILES string of the molecule is CC1CC2C[C@H](Oc3nc(C(C)(C)C)ncc3C(=O)N[C@@H](C)/C=C/S(C)(=O)=O)CC12.[HH]. The molecule has 3 unspecified atom stereocenters. The van der Waals surface area contributed by atoms with Crippen molar-refractivity contribution >= 4 is 15.7 Å². The summed E-state index contributed by atoms with van der Waals surface area (Å²) in [6.07, 6.45) is 7.36. The van der Waals surface area contributed by atoms with E-state index in [0.717, 1.165) is 30.4 Å². The van der Waals surface area contributed by atoms with E-state index in [4.69, 9.17) is 4.74 Å². The Balaban J connectivity index is 0.00000341. The normalized spacial score (nSPS) is 27.4.